The average Bonchev–Trinajstić information content (AvgIpc) is 3.33. The molecule has 0 aliphatic heterocycles. The summed E-state index contributed by atoms with van der Waals surface area (Å²) in [5.74, 6) is 0.0324. The number of rotatable bonds is 6. The van der Waals surface area contributed by atoms with Crippen molar-refractivity contribution in [3.63, 3.8) is 0 Å². The number of tetrazole rings is 1. The van der Waals surface area contributed by atoms with Crippen LogP contribution in [0.5, 0.6) is 0 Å². The monoisotopic (exact) mass is 411 g/mol. The van der Waals surface area contributed by atoms with E-state index in [0.717, 1.165) is 20.5 Å². The minimum absolute atomic E-state index is 0.0754. The number of alkyl halides is 2. The molecule has 2 aromatic carbocycles. The lowest BCUT2D eigenvalue weighted by molar-refractivity contribution is -0.122. The minimum atomic E-state index is -2.78. The van der Waals surface area contributed by atoms with E-state index in [9.17, 15) is 13.6 Å². The number of halogens is 2. The number of benzene rings is 2. The van der Waals surface area contributed by atoms with E-state index in [0.29, 0.717) is 16.9 Å². The van der Waals surface area contributed by atoms with E-state index in [-0.39, 0.29) is 12.4 Å². The van der Waals surface area contributed by atoms with E-state index in [4.69, 9.17) is 0 Å². The molecule has 0 radical (unpaired) electrons. The molecule has 0 bridgehead atoms. The van der Waals surface area contributed by atoms with E-state index in [1.807, 2.05) is 31.2 Å². The molecule has 4 rings (SSSR count). The van der Waals surface area contributed by atoms with Crippen molar-refractivity contribution in [3.05, 3.63) is 59.9 Å². The molecule has 30 heavy (non-hydrogen) atoms. The number of nitrogens with zero attached hydrogens (tertiary/aromatic N) is 6. The molecule has 8 nitrogen and oxygen atoms in total. The van der Waals surface area contributed by atoms with Crippen LogP contribution in [0.2, 0.25) is 0 Å². The van der Waals surface area contributed by atoms with Crippen LogP contribution in [0.3, 0.4) is 0 Å². The molecule has 0 saturated carbocycles. The fourth-order valence-electron chi connectivity index (χ4n) is 3.18. The maximum absolute atomic E-state index is 13.6. The topological polar surface area (TPSA) is 90.5 Å². The smallest absolute Gasteiger partial charge is 0.320 e. The normalized spacial score (nSPS) is 12.4. The van der Waals surface area contributed by atoms with Crippen molar-refractivity contribution in [2.24, 2.45) is 0 Å². The van der Waals surface area contributed by atoms with Crippen molar-refractivity contribution in [1.29, 1.82) is 0 Å². The molecule has 1 N–H and O–H groups in total. The van der Waals surface area contributed by atoms with E-state index in [1.165, 1.54) is 0 Å². The average molecular weight is 411 g/mol. The second-order valence-electron chi connectivity index (χ2n) is 6.91. The number of hydrogen-bond donors (Lipinski definition) is 1. The zero-order valence-corrected chi connectivity index (χ0v) is 16.3. The molecule has 0 aliphatic rings. The Morgan fingerprint density at radius 1 is 1.13 bits per heavy atom. The zero-order chi connectivity index (χ0) is 21.3. The second kappa shape index (κ2) is 7.97. The van der Waals surface area contributed by atoms with Crippen LogP contribution >= 0.6 is 0 Å². The van der Waals surface area contributed by atoms with Crippen LogP contribution in [0.15, 0.2) is 48.5 Å². The van der Waals surface area contributed by atoms with Gasteiger partial charge in [-0.15, -0.1) is 10.2 Å². The minimum Gasteiger partial charge on any atom is -0.345 e. The summed E-state index contributed by atoms with van der Waals surface area (Å²) in [4.78, 5) is 17.8. The Hall–Kier alpha value is -3.69. The maximum atomic E-state index is 13.6. The third-order valence-corrected chi connectivity index (χ3v) is 4.63. The Labute approximate surface area is 170 Å². The summed E-state index contributed by atoms with van der Waals surface area (Å²) < 4.78 is 28.0. The molecule has 0 spiro atoms. The first-order valence-electron chi connectivity index (χ1n) is 9.31. The number of fused-ring (bicyclic) bond motifs is 1. The number of carbonyl (C=O) groups is 1. The Morgan fingerprint density at radius 2 is 1.87 bits per heavy atom. The molecule has 1 atom stereocenters. The summed E-state index contributed by atoms with van der Waals surface area (Å²) in [6.45, 7) is 0.602. The lowest BCUT2D eigenvalue weighted by Gasteiger charge is -2.15. The third kappa shape index (κ3) is 3.88. The SMILES string of the molecule is Cc1ccc(-c2nnn(CC(=O)NC(C)c3nc4ccccc4n3C(F)F)n2)cc1. The number of hydrogen-bond acceptors (Lipinski definition) is 5. The van der Waals surface area contributed by atoms with Crippen LogP contribution in [0.25, 0.3) is 22.4 Å². The van der Waals surface area contributed by atoms with Crippen molar-refractivity contribution >= 4 is 16.9 Å². The van der Waals surface area contributed by atoms with Crippen LogP contribution in [0, 0.1) is 6.92 Å². The van der Waals surface area contributed by atoms with Crippen molar-refractivity contribution in [1.82, 2.24) is 35.1 Å². The maximum Gasteiger partial charge on any atom is 0.320 e. The number of imidazole rings is 1. The van der Waals surface area contributed by atoms with Crippen molar-refractivity contribution in [3.8, 4) is 11.4 Å². The first kappa shape index (κ1) is 19.6. The van der Waals surface area contributed by atoms with Gasteiger partial charge in [0.15, 0.2) is 0 Å². The molecular formula is C20H19F2N7O. The summed E-state index contributed by atoms with van der Waals surface area (Å²) in [5, 5.41) is 14.7. The second-order valence-corrected chi connectivity index (χ2v) is 6.91. The van der Waals surface area contributed by atoms with Crippen LogP contribution < -0.4 is 5.32 Å². The number of aromatic nitrogens is 6. The highest BCUT2D eigenvalue weighted by Crippen LogP contribution is 2.26. The molecule has 1 unspecified atom stereocenters. The van der Waals surface area contributed by atoms with Crippen molar-refractivity contribution < 1.29 is 13.6 Å². The van der Waals surface area contributed by atoms with Gasteiger partial charge < -0.3 is 5.32 Å². The fourth-order valence-corrected chi connectivity index (χ4v) is 3.18. The molecule has 2 heterocycles. The molecule has 10 heteroatoms. The summed E-state index contributed by atoms with van der Waals surface area (Å²) in [5.41, 5.74) is 2.64. The van der Waals surface area contributed by atoms with Gasteiger partial charge in [-0.3, -0.25) is 9.36 Å². The number of aryl methyl sites for hydroxylation is 1. The first-order valence-corrected chi connectivity index (χ1v) is 9.31. The Morgan fingerprint density at radius 3 is 2.60 bits per heavy atom. The summed E-state index contributed by atoms with van der Waals surface area (Å²) >= 11 is 0. The van der Waals surface area contributed by atoms with Crippen LogP contribution in [-0.4, -0.2) is 35.7 Å². The quantitative estimate of drug-likeness (QED) is 0.526. The molecule has 0 saturated heterocycles. The lowest BCUT2D eigenvalue weighted by atomic mass is 10.1. The van der Waals surface area contributed by atoms with Crippen LogP contribution in [-0.2, 0) is 11.3 Å². The highest BCUT2D eigenvalue weighted by Gasteiger charge is 2.23. The van der Waals surface area contributed by atoms with E-state index in [2.05, 4.69) is 25.7 Å². The molecule has 154 valence electrons. The van der Waals surface area contributed by atoms with E-state index < -0.39 is 18.5 Å². The van der Waals surface area contributed by atoms with Gasteiger partial charge in [-0.2, -0.15) is 13.6 Å². The molecule has 0 aliphatic carbocycles. The van der Waals surface area contributed by atoms with Gasteiger partial charge in [-0.05, 0) is 31.2 Å². The van der Waals surface area contributed by atoms with Gasteiger partial charge in [-0.1, -0.05) is 42.0 Å². The first-order chi connectivity index (χ1) is 14.4. The number of carbonyl (C=O) groups excluding carboxylic acids is 1. The molecule has 2 aromatic heterocycles. The van der Waals surface area contributed by atoms with Gasteiger partial charge >= 0.3 is 6.55 Å². The van der Waals surface area contributed by atoms with Gasteiger partial charge in [0.25, 0.3) is 0 Å². The van der Waals surface area contributed by atoms with Gasteiger partial charge in [0, 0.05) is 5.56 Å². The van der Waals surface area contributed by atoms with Crippen molar-refractivity contribution in [2.45, 2.75) is 33.0 Å². The van der Waals surface area contributed by atoms with Crippen molar-refractivity contribution in [2.75, 3.05) is 0 Å². The van der Waals surface area contributed by atoms with E-state index in [1.54, 1.807) is 31.2 Å². The Kier molecular flexibility index (Phi) is 5.21. The van der Waals surface area contributed by atoms with Crippen LogP contribution in [0.1, 0.15) is 30.9 Å². The van der Waals surface area contributed by atoms with E-state index >= 15 is 0 Å². The summed E-state index contributed by atoms with van der Waals surface area (Å²) in [6.07, 6.45) is 0. The number of amides is 1. The molecule has 4 aromatic rings. The summed E-state index contributed by atoms with van der Waals surface area (Å²) in [7, 11) is 0. The van der Waals surface area contributed by atoms with Gasteiger partial charge in [0.1, 0.15) is 12.4 Å². The predicted molar refractivity (Wildman–Crippen MR) is 106 cm³/mol. The Bertz CT molecular complexity index is 1180. The molecular weight excluding hydrogens is 392 g/mol. The third-order valence-electron chi connectivity index (χ3n) is 4.63. The number of para-hydroxylation sites is 2. The molecule has 1 amide bonds. The zero-order valence-electron chi connectivity index (χ0n) is 16.3. The highest BCUT2D eigenvalue weighted by atomic mass is 19.3. The summed E-state index contributed by atoms with van der Waals surface area (Å²) in [6, 6.07) is 13.5. The largest absolute Gasteiger partial charge is 0.345 e. The highest BCUT2D eigenvalue weighted by molar-refractivity contribution is 5.78. The van der Waals surface area contributed by atoms with Gasteiger partial charge in [0.2, 0.25) is 11.7 Å². The van der Waals surface area contributed by atoms with Crippen LogP contribution in [0.4, 0.5) is 8.78 Å². The van der Waals surface area contributed by atoms with Gasteiger partial charge in [0.05, 0.1) is 17.1 Å². The standard InChI is InChI=1S/C20H19F2N7O/c1-12-7-9-14(10-8-12)18-25-27-28(26-18)11-17(30)23-13(2)19-24-15-5-3-4-6-16(15)29(19)20(21)22/h3-10,13,20H,11H2,1-2H3,(H,23,30). The van der Waals surface area contributed by atoms with Gasteiger partial charge in [-0.25, -0.2) is 4.98 Å². The number of nitrogens with one attached hydrogen (secondary N) is 1. The fraction of sp³-hybridized carbons (Fsp3) is 0.250. The Balaban J connectivity index is 1.48. The molecule has 0 fully saturated rings. The lowest BCUT2D eigenvalue weighted by Crippen LogP contribution is -2.32. The predicted octanol–water partition coefficient (Wildman–Crippen LogP) is 3.27.